The summed E-state index contributed by atoms with van der Waals surface area (Å²) in [5.74, 6) is 0.0304. The summed E-state index contributed by atoms with van der Waals surface area (Å²) in [4.78, 5) is 0. The van der Waals surface area contributed by atoms with E-state index < -0.39 is 11.7 Å². The van der Waals surface area contributed by atoms with E-state index in [1.54, 1.807) is 12.1 Å². The lowest BCUT2D eigenvalue weighted by Crippen LogP contribution is -2.15. The number of halogens is 3. The zero-order valence-corrected chi connectivity index (χ0v) is 9.56. The first kappa shape index (κ1) is 12.4. The fraction of sp³-hybridized carbons (Fsp3) is 0.538. The van der Waals surface area contributed by atoms with Gasteiger partial charge in [0, 0.05) is 0 Å². The maximum Gasteiger partial charge on any atom is 0.416 e. The van der Waals surface area contributed by atoms with Crippen LogP contribution in [0.5, 0.6) is 0 Å². The quantitative estimate of drug-likeness (QED) is 0.795. The molecular weight excluding hydrogens is 227 g/mol. The average Bonchev–Trinajstić information content (AvgIpc) is 2.56. The summed E-state index contributed by atoms with van der Waals surface area (Å²) in [6.45, 7) is 1.71. The third-order valence-corrected chi connectivity index (χ3v) is 3.28. The highest BCUT2D eigenvalue weighted by Gasteiger charge is 2.34. The summed E-state index contributed by atoms with van der Waals surface area (Å²) in [7, 11) is 0. The predicted molar refractivity (Wildman–Crippen MR) is 60.9 cm³/mol. The second-order valence-corrected chi connectivity index (χ2v) is 4.46. The number of hydrogen-bond acceptors (Lipinski definition) is 1. The lowest BCUT2D eigenvalue weighted by molar-refractivity contribution is -0.138. The van der Waals surface area contributed by atoms with Crippen LogP contribution >= 0.6 is 0 Å². The molecule has 1 fully saturated rings. The molecule has 94 valence electrons. The van der Waals surface area contributed by atoms with Gasteiger partial charge in [0.05, 0.1) is 5.56 Å². The van der Waals surface area contributed by atoms with Gasteiger partial charge in [-0.1, -0.05) is 18.2 Å². The van der Waals surface area contributed by atoms with Crippen molar-refractivity contribution in [2.75, 3.05) is 13.1 Å². The minimum absolute atomic E-state index is 0.0304. The Morgan fingerprint density at radius 1 is 1.06 bits per heavy atom. The lowest BCUT2D eigenvalue weighted by atomic mass is 9.88. The maximum atomic E-state index is 12.9. The summed E-state index contributed by atoms with van der Waals surface area (Å²) >= 11 is 0. The van der Waals surface area contributed by atoms with Gasteiger partial charge in [-0.05, 0) is 49.9 Å². The second kappa shape index (κ2) is 5.08. The molecular formula is C13H16F3N. The molecule has 0 aromatic heterocycles. The van der Waals surface area contributed by atoms with E-state index in [2.05, 4.69) is 5.32 Å². The predicted octanol–water partition coefficient (Wildman–Crippen LogP) is 3.56. The monoisotopic (exact) mass is 243 g/mol. The van der Waals surface area contributed by atoms with Gasteiger partial charge in [0.2, 0.25) is 0 Å². The highest BCUT2D eigenvalue weighted by atomic mass is 19.4. The second-order valence-electron chi connectivity index (χ2n) is 4.46. The molecule has 0 saturated carbocycles. The zero-order chi connectivity index (χ0) is 12.3. The van der Waals surface area contributed by atoms with Crippen molar-refractivity contribution in [3.8, 4) is 0 Å². The first-order valence-corrected chi connectivity index (χ1v) is 5.96. The standard InChI is InChI=1S/C13H16F3N/c14-13(15,16)12-6-2-1-5-11(12)10-4-3-8-17-9-7-10/h1-2,5-6,10,17H,3-4,7-9H2. The van der Waals surface area contributed by atoms with Gasteiger partial charge in [0.1, 0.15) is 0 Å². The van der Waals surface area contributed by atoms with Gasteiger partial charge in [0.25, 0.3) is 0 Å². The van der Waals surface area contributed by atoms with E-state index in [0.717, 1.165) is 32.4 Å². The van der Waals surface area contributed by atoms with Crippen molar-refractivity contribution in [1.82, 2.24) is 5.32 Å². The summed E-state index contributed by atoms with van der Waals surface area (Å²) in [5.41, 5.74) is -0.00407. The molecule has 1 N–H and O–H groups in total. The van der Waals surface area contributed by atoms with Crippen LogP contribution in [0.15, 0.2) is 24.3 Å². The summed E-state index contributed by atoms with van der Waals surface area (Å²) in [6, 6.07) is 5.97. The Labute approximate surface area is 99.0 Å². The van der Waals surface area contributed by atoms with Crippen molar-refractivity contribution < 1.29 is 13.2 Å². The molecule has 17 heavy (non-hydrogen) atoms. The van der Waals surface area contributed by atoms with Crippen LogP contribution in [0.1, 0.15) is 36.3 Å². The Hall–Kier alpha value is -1.03. The number of hydrogen-bond donors (Lipinski definition) is 1. The SMILES string of the molecule is FC(F)(F)c1ccccc1C1CCCNCC1. The topological polar surface area (TPSA) is 12.0 Å². The third kappa shape index (κ3) is 3.00. The Kier molecular flexibility index (Phi) is 3.72. The van der Waals surface area contributed by atoms with Crippen LogP contribution in [0.25, 0.3) is 0 Å². The van der Waals surface area contributed by atoms with Gasteiger partial charge in [-0.2, -0.15) is 13.2 Å². The molecule has 1 unspecified atom stereocenters. The molecule has 0 amide bonds. The zero-order valence-electron chi connectivity index (χ0n) is 9.56. The van der Waals surface area contributed by atoms with Crippen molar-refractivity contribution in [2.45, 2.75) is 31.4 Å². The number of nitrogens with one attached hydrogen (secondary N) is 1. The van der Waals surface area contributed by atoms with Crippen molar-refractivity contribution in [2.24, 2.45) is 0 Å². The van der Waals surface area contributed by atoms with Crippen LogP contribution in [-0.2, 0) is 6.18 Å². The van der Waals surface area contributed by atoms with E-state index in [4.69, 9.17) is 0 Å². The summed E-state index contributed by atoms with van der Waals surface area (Å²) < 4.78 is 38.7. The van der Waals surface area contributed by atoms with E-state index in [1.165, 1.54) is 12.1 Å². The number of alkyl halides is 3. The van der Waals surface area contributed by atoms with Crippen LogP contribution in [0.2, 0.25) is 0 Å². The van der Waals surface area contributed by atoms with Crippen molar-refractivity contribution in [3.63, 3.8) is 0 Å². The van der Waals surface area contributed by atoms with Gasteiger partial charge in [-0.15, -0.1) is 0 Å². The molecule has 1 saturated heterocycles. The van der Waals surface area contributed by atoms with Crippen LogP contribution in [0, 0.1) is 0 Å². The van der Waals surface area contributed by atoms with Gasteiger partial charge in [-0.3, -0.25) is 0 Å². The lowest BCUT2D eigenvalue weighted by Gasteiger charge is -2.19. The third-order valence-electron chi connectivity index (χ3n) is 3.28. The van der Waals surface area contributed by atoms with Crippen molar-refractivity contribution >= 4 is 0 Å². The maximum absolute atomic E-state index is 12.9. The van der Waals surface area contributed by atoms with Gasteiger partial charge in [-0.25, -0.2) is 0 Å². The molecule has 1 nitrogen and oxygen atoms in total. The first-order chi connectivity index (χ1) is 8.09. The molecule has 4 heteroatoms. The molecule has 1 aliphatic rings. The highest BCUT2D eigenvalue weighted by molar-refractivity contribution is 5.32. The average molecular weight is 243 g/mol. The minimum atomic E-state index is -4.24. The molecule has 1 heterocycles. The van der Waals surface area contributed by atoms with Crippen molar-refractivity contribution in [3.05, 3.63) is 35.4 Å². The van der Waals surface area contributed by atoms with Crippen LogP contribution in [-0.4, -0.2) is 13.1 Å². The van der Waals surface area contributed by atoms with Crippen LogP contribution < -0.4 is 5.32 Å². The Bertz CT molecular complexity index is 365. The van der Waals surface area contributed by atoms with Gasteiger partial charge >= 0.3 is 6.18 Å². The summed E-state index contributed by atoms with van der Waals surface area (Å²) in [6.07, 6.45) is -1.68. The van der Waals surface area contributed by atoms with Crippen LogP contribution in [0.4, 0.5) is 13.2 Å². The van der Waals surface area contributed by atoms with E-state index in [0.29, 0.717) is 5.56 Å². The molecule has 1 aromatic rings. The highest BCUT2D eigenvalue weighted by Crippen LogP contribution is 2.37. The number of benzene rings is 1. The normalized spacial score (nSPS) is 22.2. The number of rotatable bonds is 1. The fourth-order valence-electron chi connectivity index (χ4n) is 2.44. The molecule has 0 radical (unpaired) electrons. The van der Waals surface area contributed by atoms with E-state index in [1.807, 2.05) is 0 Å². The fourth-order valence-corrected chi connectivity index (χ4v) is 2.44. The molecule has 1 aliphatic heterocycles. The molecule has 1 aromatic carbocycles. The first-order valence-electron chi connectivity index (χ1n) is 5.96. The largest absolute Gasteiger partial charge is 0.416 e. The molecule has 0 bridgehead atoms. The molecule has 1 atom stereocenters. The summed E-state index contributed by atoms with van der Waals surface area (Å²) in [5, 5.41) is 3.22. The minimum Gasteiger partial charge on any atom is -0.317 e. The van der Waals surface area contributed by atoms with Crippen LogP contribution in [0.3, 0.4) is 0 Å². The van der Waals surface area contributed by atoms with E-state index in [-0.39, 0.29) is 5.92 Å². The Morgan fingerprint density at radius 3 is 2.59 bits per heavy atom. The van der Waals surface area contributed by atoms with Gasteiger partial charge in [0.15, 0.2) is 0 Å². The molecule has 0 aliphatic carbocycles. The van der Waals surface area contributed by atoms with E-state index in [9.17, 15) is 13.2 Å². The molecule has 2 rings (SSSR count). The smallest absolute Gasteiger partial charge is 0.317 e. The van der Waals surface area contributed by atoms with E-state index >= 15 is 0 Å². The Morgan fingerprint density at radius 2 is 1.82 bits per heavy atom. The molecule has 0 spiro atoms. The Balaban J connectivity index is 2.30. The van der Waals surface area contributed by atoms with Gasteiger partial charge < -0.3 is 5.32 Å². The van der Waals surface area contributed by atoms with Crippen molar-refractivity contribution in [1.29, 1.82) is 0 Å².